The Morgan fingerprint density at radius 2 is 1.79 bits per heavy atom. The molecular weight excluding hydrogens is 513 g/mol. The minimum absolute atomic E-state index is 0.182. The van der Waals surface area contributed by atoms with Gasteiger partial charge in [-0.1, -0.05) is 44.2 Å². The molecule has 0 saturated carbocycles. The van der Waals surface area contributed by atoms with Crippen LogP contribution >= 0.6 is 11.3 Å². The number of amides is 1. The van der Waals surface area contributed by atoms with Crippen LogP contribution in [-0.4, -0.2) is 61.7 Å². The number of morpholine rings is 1. The second-order valence-electron chi connectivity index (χ2n) is 9.13. The lowest BCUT2D eigenvalue weighted by atomic mass is 10.1. The first-order valence-electron chi connectivity index (χ1n) is 12.9. The van der Waals surface area contributed by atoms with Crippen molar-refractivity contribution in [3.63, 3.8) is 0 Å². The molecule has 1 aromatic heterocycles. The fourth-order valence-electron chi connectivity index (χ4n) is 4.43. The van der Waals surface area contributed by atoms with Crippen molar-refractivity contribution in [2.75, 3.05) is 50.8 Å². The van der Waals surface area contributed by atoms with Crippen LogP contribution in [0.3, 0.4) is 0 Å². The van der Waals surface area contributed by atoms with E-state index in [4.69, 9.17) is 4.74 Å². The Kier molecular flexibility index (Phi) is 9.40. The molecule has 1 saturated heterocycles. The number of alkyl halides is 3. The minimum atomic E-state index is -4.73. The molecule has 0 atom stereocenters. The van der Waals surface area contributed by atoms with Crippen LogP contribution in [0.15, 0.2) is 48.5 Å². The lowest BCUT2D eigenvalue weighted by Gasteiger charge is -2.29. The second-order valence-corrected chi connectivity index (χ2v) is 10.1. The summed E-state index contributed by atoms with van der Waals surface area (Å²) >= 11 is 0.779. The van der Waals surface area contributed by atoms with Gasteiger partial charge in [0.2, 0.25) is 0 Å². The van der Waals surface area contributed by atoms with Gasteiger partial charge in [0.15, 0.2) is 5.69 Å². The fraction of sp³-hybridized carbons (Fsp3) is 0.429. The first-order chi connectivity index (χ1) is 18.3. The number of rotatable bonds is 10. The van der Waals surface area contributed by atoms with E-state index in [9.17, 15) is 18.0 Å². The maximum atomic E-state index is 13.8. The van der Waals surface area contributed by atoms with Crippen LogP contribution in [0.25, 0.3) is 10.6 Å². The summed E-state index contributed by atoms with van der Waals surface area (Å²) in [6.07, 6.45) is -4.23. The van der Waals surface area contributed by atoms with Gasteiger partial charge < -0.3 is 15.0 Å². The number of hydrogen-bond donors (Lipinski definition) is 1. The fourth-order valence-corrected chi connectivity index (χ4v) is 5.43. The standard InChI is InChI=1S/C28H33F3N4O2S/c1-3-34(4-2)19-21-8-5-9-22(17-21)27-33-25(28(29,30)31)24(38-27)26(36)32-12-11-20-7-6-10-23(18-20)35-13-15-37-16-14-35/h5-10,17-18H,3-4,11-16,19H2,1-2H3,(H,32,36). The number of halogens is 3. The molecule has 0 unspecified atom stereocenters. The van der Waals surface area contributed by atoms with Gasteiger partial charge in [-0.05, 0) is 48.8 Å². The van der Waals surface area contributed by atoms with Crippen LogP contribution in [0.4, 0.5) is 18.9 Å². The highest BCUT2D eigenvalue weighted by molar-refractivity contribution is 7.17. The van der Waals surface area contributed by atoms with Gasteiger partial charge in [-0.3, -0.25) is 9.69 Å². The molecule has 1 aliphatic rings. The van der Waals surface area contributed by atoms with Crippen LogP contribution < -0.4 is 10.2 Å². The molecule has 0 bridgehead atoms. The maximum Gasteiger partial charge on any atom is 0.435 e. The number of ether oxygens (including phenoxy) is 1. The zero-order chi connectivity index (χ0) is 27.1. The lowest BCUT2D eigenvalue weighted by Crippen LogP contribution is -2.36. The molecule has 0 radical (unpaired) electrons. The summed E-state index contributed by atoms with van der Waals surface area (Å²) in [5.41, 5.74) is 2.50. The van der Waals surface area contributed by atoms with Gasteiger partial charge in [0.25, 0.3) is 5.91 Å². The summed E-state index contributed by atoms with van der Waals surface area (Å²) in [5, 5.41) is 2.85. The number of nitrogens with one attached hydrogen (secondary N) is 1. The molecule has 0 spiro atoms. The van der Waals surface area contributed by atoms with Gasteiger partial charge in [0.05, 0.1) is 13.2 Å². The molecule has 2 heterocycles. The number of nitrogens with zero attached hydrogens (tertiary/aromatic N) is 3. The molecule has 1 amide bonds. The van der Waals surface area contributed by atoms with E-state index in [2.05, 4.69) is 40.0 Å². The highest BCUT2D eigenvalue weighted by Crippen LogP contribution is 2.38. The summed E-state index contributed by atoms with van der Waals surface area (Å²) in [6.45, 7) is 9.77. The molecule has 10 heteroatoms. The zero-order valence-corrected chi connectivity index (χ0v) is 22.5. The predicted molar refractivity (Wildman–Crippen MR) is 145 cm³/mol. The largest absolute Gasteiger partial charge is 0.435 e. The van der Waals surface area contributed by atoms with E-state index in [0.29, 0.717) is 31.7 Å². The SMILES string of the molecule is CCN(CC)Cc1cccc(-c2nc(C(F)(F)F)c(C(=O)NCCc3cccc(N4CCOCC4)c3)s2)c1. The van der Waals surface area contributed by atoms with Crippen LogP contribution in [-0.2, 0) is 23.9 Å². The number of anilines is 1. The van der Waals surface area contributed by atoms with Crippen molar-refractivity contribution in [2.45, 2.75) is 33.0 Å². The lowest BCUT2D eigenvalue weighted by molar-refractivity contribution is -0.141. The van der Waals surface area contributed by atoms with Gasteiger partial charge in [0, 0.05) is 37.4 Å². The van der Waals surface area contributed by atoms with E-state index in [1.165, 1.54) is 0 Å². The third-order valence-electron chi connectivity index (χ3n) is 6.56. The second kappa shape index (κ2) is 12.7. The van der Waals surface area contributed by atoms with Crippen molar-refractivity contribution in [3.05, 3.63) is 70.2 Å². The van der Waals surface area contributed by atoms with E-state index in [-0.39, 0.29) is 11.6 Å². The maximum absolute atomic E-state index is 13.8. The number of thiazole rings is 1. The normalized spacial score (nSPS) is 14.2. The molecule has 204 valence electrons. The number of benzene rings is 2. The molecule has 0 aliphatic carbocycles. The third-order valence-corrected chi connectivity index (χ3v) is 7.67. The quantitative estimate of drug-likeness (QED) is 0.365. The Hall–Kier alpha value is -2.95. The van der Waals surface area contributed by atoms with E-state index in [0.717, 1.165) is 54.3 Å². The Bertz CT molecular complexity index is 1220. The first-order valence-corrected chi connectivity index (χ1v) is 13.7. The van der Waals surface area contributed by atoms with E-state index >= 15 is 0 Å². The number of carbonyl (C=O) groups excluding carboxylic acids is 1. The van der Waals surface area contributed by atoms with Crippen molar-refractivity contribution in [1.82, 2.24) is 15.2 Å². The number of carbonyl (C=O) groups is 1. The molecule has 1 fully saturated rings. The first kappa shape index (κ1) is 28.1. The minimum Gasteiger partial charge on any atom is -0.378 e. The van der Waals surface area contributed by atoms with Gasteiger partial charge in [-0.2, -0.15) is 13.2 Å². The van der Waals surface area contributed by atoms with Crippen LogP contribution in [0.1, 0.15) is 40.3 Å². The summed E-state index contributed by atoms with van der Waals surface area (Å²) in [7, 11) is 0. The Morgan fingerprint density at radius 3 is 2.50 bits per heavy atom. The highest BCUT2D eigenvalue weighted by Gasteiger charge is 2.39. The molecule has 6 nitrogen and oxygen atoms in total. The van der Waals surface area contributed by atoms with Crippen LogP contribution in [0, 0.1) is 0 Å². The smallest absolute Gasteiger partial charge is 0.378 e. The van der Waals surface area contributed by atoms with Crippen molar-refractivity contribution in [2.24, 2.45) is 0 Å². The average Bonchev–Trinajstić information content (AvgIpc) is 3.39. The Morgan fingerprint density at radius 1 is 1.08 bits per heavy atom. The van der Waals surface area contributed by atoms with Crippen molar-refractivity contribution in [1.29, 1.82) is 0 Å². The summed E-state index contributed by atoms with van der Waals surface area (Å²) in [6, 6.07) is 15.3. The molecule has 3 aromatic rings. The molecule has 38 heavy (non-hydrogen) atoms. The van der Waals surface area contributed by atoms with Crippen molar-refractivity contribution >= 4 is 22.9 Å². The van der Waals surface area contributed by atoms with E-state index in [1.54, 1.807) is 6.07 Å². The van der Waals surface area contributed by atoms with Gasteiger partial charge >= 0.3 is 6.18 Å². The number of aromatic nitrogens is 1. The van der Waals surface area contributed by atoms with Crippen LogP contribution in [0.2, 0.25) is 0 Å². The molecule has 1 N–H and O–H groups in total. The summed E-state index contributed by atoms with van der Waals surface area (Å²) in [4.78, 5) is 20.8. The number of hydrogen-bond acceptors (Lipinski definition) is 6. The Labute approximate surface area is 225 Å². The average molecular weight is 547 g/mol. The Balaban J connectivity index is 1.46. The van der Waals surface area contributed by atoms with Gasteiger partial charge in [-0.15, -0.1) is 11.3 Å². The molecular formula is C28H33F3N4O2S. The van der Waals surface area contributed by atoms with E-state index < -0.39 is 22.7 Å². The molecule has 2 aromatic carbocycles. The monoisotopic (exact) mass is 546 g/mol. The molecule has 1 aliphatic heterocycles. The van der Waals surface area contributed by atoms with Gasteiger partial charge in [-0.25, -0.2) is 4.98 Å². The topological polar surface area (TPSA) is 57.7 Å². The molecule has 4 rings (SSSR count). The summed E-state index contributed by atoms with van der Waals surface area (Å²) < 4.78 is 46.9. The van der Waals surface area contributed by atoms with Crippen molar-refractivity contribution in [3.8, 4) is 10.6 Å². The van der Waals surface area contributed by atoms with E-state index in [1.807, 2.05) is 36.4 Å². The van der Waals surface area contributed by atoms with Crippen molar-refractivity contribution < 1.29 is 22.7 Å². The van der Waals surface area contributed by atoms with Gasteiger partial charge in [0.1, 0.15) is 9.88 Å². The zero-order valence-electron chi connectivity index (χ0n) is 21.7. The third kappa shape index (κ3) is 7.12. The van der Waals surface area contributed by atoms with Crippen LogP contribution in [0.5, 0.6) is 0 Å². The summed E-state index contributed by atoms with van der Waals surface area (Å²) in [5.74, 6) is -0.760. The highest BCUT2D eigenvalue weighted by atomic mass is 32.1. The predicted octanol–water partition coefficient (Wildman–Crippen LogP) is 5.48.